The number of fused-ring (bicyclic) bond motifs is 1. The Kier molecular flexibility index (Phi) is 2.76. The molecule has 1 unspecified atom stereocenters. The number of aliphatic hydroxyl groups excluding tert-OH is 1. The molecule has 0 aliphatic heterocycles. The van der Waals surface area contributed by atoms with Crippen molar-refractivity contribution in [3.05, 3.63) is 40.1 Å². The first-order valence-electron chi connectivity index (χ1n) is 5.74. The number of aliphatic hydroxyl groups is 1. The largest absolute Gasteiger partial charge is 0.393 e. The van der Waals surface area contributed by atoms with Crippen molar-refractivity contribution in [2.45, 2.75) is 25.4 Å². The summed E-state index contributed by atoms with van der Waals surface area (Å²) in [7, 11) is 0. The zero-order chi connectivity index (χ0) is 11.8. The van der Waals surface area contributed by atoms with E-state index >= 15 is 0 Å². The summed E-state index contributed by atoms with van der Waals surface area (Å²) in [5.74, 6) is 0.894. The number of aromatic amines is 1. The molecule has 3 nitrogen and oxygen atoms in total. The van der Waals surface area contributed by atoms with Gasteiger partial charge in [0, 0.05) is 22.2 Å². The summed E-state index contributed by atoms with van der Waals surface area (Å²) in [6, 6.07) is 8.07. The third-order valence-electron chi connectivity index (χ3n) is 3.12. The highest BCUT2D eigenvalue weighted by molar-refractivity contribution is 9.10. The van der Waals surface area contributed by atoms with Gasteiger partial charge in [-0.15, -0.1) is 0 Å². The van der Waals surface area contributed by atoms with Crippen LogP contribution in [0, 0.1) is 0 Å². The second-order valence-electron chi connectivity index (χ2n) is 4.42. The third kappa shape index (κ3) is 2.15. The van der Waals surface area contributed by atoms with Crippen LogP contribution in [0.1, 0.15) is 17.8 Å². The molecule has 2 N–H and O–H groups in total. The van der Waals surface area contributed by atoms with Crippen LogP contribution in [-0.4, -0.2) is 21.2 Å². The minimum absolute atomic E-state index is 0.224. The van der Waals surface area contributed by atoms with Gasteiger partial charge in [0.05, 0.1) is 11.8 Å². The van der Waals surface area contributed by atoms with Gasteiger partial charge in [-0.05, 0) is 25.0 Å². The van der Waals surface area contributed by atoms with Crippen molar-refractivity contribution in [1.29, 1.82) is 0 Å². The molecule has 1 aliphatic carbocycles. The van der Waals surface area contributed by atoms with Crippen molar-refractivity contribution in [2.24, 2.45) is 0 Å². The normalized spacial score (nSPS) is 19.1. The highest BCUT2D eigenvalue weighted by Crippen LogP contribution is 2.25. The highest BCUT2D eigenvalue weighted by atomic mass is 79.9. The lowest BCUT2D eigenvalue weighted by Crippen LogP contribution is -2.18. The molecule has 88 valence electrons. The van der Waals surface area contributed by atoms with E-state index in [2.05, 4.69) is 25.9 Å². The Morgan fingerprint density at radius 2 is 2.29 bits per heavy atom. The lowest BCUT2D eigenvalue weighted by molar-refractivity contribution is 0.157. The zero-order valence-electron chi connectivity index (χ0n) is 9.28. The summed E-state index contributed by atoms with van der Waals surface area (Å²) < 4.78 is 1.05. The molecule has 0 radical (unpaired) electrons. The van der Waals surface area contributed by atoms with Gasteiger partial charge in [-0.3, -0.25) is 0 Å². The van der Waals surface area contributed by atoms with E-state index in [0.717, 1.165) is 40.1 Å². The molecule has 0 spiro atoms. The van der Waals surface area contributed by atoms with Crippen molar-refractivity contribution in [3.63, 3.8) is 0 Å². The Labute approximate surface area is 108 Å². The first kappa shape index (κ1) is 11.0. The molecule has 0 saturated carbocycles. The third-order valence-corrected chi connectivity index (χ3v) is 3.61. The molecule has 1 aromatic carbocycles. The van der Waals surface area contributed by atoms with Gasteiger partial charge in [0.15, 0.2) is 0 Å². The van der Waals surface area contributed by atoms with Crippen LogP contribution >= 0.6 is 15.9 Å². The number of hydrogen-bond donors (Lipinski definition) is 2. The number of H-pyrrole nitrogens is 1. The van der Waals surface area contributed by atoms with Crippen molar-refractivity contribution >= 4 is 15.9 Å². The van der Waals surface area contributed by atoms with Crippen LogP contribution in [0.4, 0.5) is 0 Å². The fourth-order valence-corrected chi connectivity index (χ4v) is 2.63. The number of nitrogens with zero attached hydrogens (tertiary/aromatic N) is 1. The van der Waals surface area contributed by atoms with Crippen molar-refractivity contribution in [2.75, 3.05) is 0 Å². The van der Waals surface area contributed by atoms with Gasteiger partial charge in [0.1, 0.15) is 5.82 Å². The van der Waals surface area contributed by atoms with Gasteiger partial charge in [0.2, 0.25) is 0 Å². The Bertz CT molecular complexity index is 550. The predicted molar refractivity (Wildman–Crippen MR) is 69.8 cm³/mol. The molecule has 0 fully saturated rings. The van der Waals surface area contributed by atoms with E-state index in [4.69, 9.17) is 0 Å². The number of benzene rings is 1. The SMILES string of the molecule is OC1CCc2nc(-c3cccc(Br)c3)[nH]c2C1. The lowest BCUT2D eigenvalue weighted by Gasteiger charge is -2.14. The Hall–Kier alpha value is -1.13. The van der Waals surface area contributed by atoms with E-state index in [-0.39, 0.29) is 6.10 Å². The Balaban J connectivity index is 2.00. The highest BCUT2D eigenvalue weighted by Gasteiger charge is 2.20. The van der Waals surface area contributed by atoms with Gasteiger partial charge in [-0.2, -0.15) is 0 Å². The van der Waals surface area contributed by atoms with Crippen LogP contribution in [0.3, 0.4) is 0 Å². The van der Waals surface area contributed by atoms with Crippen LogP contribution in [0.15, 0.2) is 28.7 Å². The van der Waals surface area contributed by atoms with Crippen LogP contribution in [-0.2, 0) is 12.8 Å². The molecule has 3 rings (SSSR count). The number of aromatic nitrogens is 2. The quantitative estimate of drug-likeness (QED) is 0.849. The van der Waals surface area contributed by atoms with Crippen molar-refractivity contribution in [1.82, 2.24) is 9.97 Å². The second kappa shape index (κ2) is 4.27. The number of rotatable bonds is 1. The molecule has 0 saturated heterocycles. The maximum atomic E-state index is 9.62. The van der Waals surface area contributed by atoms with Gasteiger partial charge in [-0.1, -0.05) is 28.1 Å². The summed E-state index contributed by atoms with van der Waals surface area (Å²) in [5.41, 5.74) is 3.26. The molecule has 1 atom stereocenters. The molecule has 4 heteroatoms. The van der Waals surface area contributed by atoms with Crippen LogP contribution in [0.25, 0.3) is 11.4 Å². The Morgan fingerprint density at radius 3 is 3.12 bits per heavy atom. The molecule has 0 bridgehead atoms. The zero-order valence-corrected chi connectivity index (χ0v) is 10.9. The van der Waals surface area contributed by atoms with Crippen molar-refractivity contribution < 1.29 is 5.11 Å². The fourth-order valence-electron chi connectivity index (χ4n) is 2.23. The summed E-state index contributed by atoms with van der Waals surface area (Å²) in [6.45, 7) is 0. The average Bonchev–Trinajstić information content (AvgIpc) is 2.72. The van der Waals surface area contributed by atoms with Gasteiger partial charge in [-0.25, -0.2) is 4.98 Å². The predicted octanol–water partition coefficient (Wildman–Crippen LogP) is 2.69. The maximum Gasteiger partial charge on any atom is 0.137 e. The van der Waals surface area contributed by atoms with E-state index in [1.54, 1.807) is 0 Å². The molecular formula is C13H13BrN2O. The van der Waals surface area contributed by atoms with E-state index < -0.39 is 0 Å². The van der Waals surface area contributed by atoms with Crippen LogP contribution < -0.4 is 0 Å². The molecule has 1 aromatic heterocycles. The lowest BCUT2D eigenvalue weighted by atomic mass is 9.99. The number of hydrogen-bond acceptors (Lipinski definition) is 2. The topological polar surface area (TPSA) is 48.9 Å². The first-order chi connectivity index (χ1) is 8.22. The Morgan fingerprint density at radius 1 is 1.41 bits per heavy atom. The summed E-state index contributed by atoms with van der Waals surface area (Å²) in [6.07, 6.45) is 2.14. The van der Waals surface area contributed by atoms with E-state index in [1.807, 2.05) is 24.3 Å². The first-order valence-corrected chi connectivity index (χ1v) is 6.53. The number of imidazole rings is 1. The van der Waals surface area contributed by atoms with Gasteiger partial charge >= 0.3 is 0 Å². The molecule has 17 heavy (non-hydrogen) atoms. The van der Waals surface area contributed by atoms with E-state index in [0.29, 0.717) is 6.42 Å². The number of nitrogens with one attached hydrogen (secondary N) is 1. The van der Waals surface area contributed by atoms with E-state index in [9.17, 15) is 5.11 Å². The summed E-state index contributed by atoms with van der Waals surface area (Å²) >= 11 is 3.46. The molecule has 0 amide bonds. The average molecular weight is 293 g/mol. The summed E-state index contributed by atoms with van der Waals surface area (Å²) in [5, 5.41) is 9.62. The van der Waals surface area contributed by atoms with Gasteiger partial charge in [0.25, 0.3) is 0 Å². The van der Waals surface area contributed by atoms with Crippen molar-refractivity contribution in [3.8, 4) is 11.4 Å². The fraction of sp³-hybridized carbons (Fsp3) is 0.308. The van der Waals surface area contributed by atoms with Gasteiger partial charge < -0.3 is 10.1 Å². The molecule has 2 aromatic rings. The number of halogens is 1. The minimum atomic E-state index is -0.224. The smallest absolute Gasteiger partial charge is 0.137 e. The number of aryl methyl sites for hydroxylation is 1. The monoisotopic (exact) mass is 292 g/mol. The van der Waals surface area contributed by atoms with E-state index in [1.165, 1.54) is 0 Å². The molecule has 1 heterocycles. The standard InChI is InChI=1S/C13H13BrN2O/c14-9-3-1-2-8(6-9)13-15-11-5-4-10(17)7-12(11)16-13/h1-3,6,10,17H,4-5,7H2,(H,15,16). The second-order valence-corrected chi connectivity index (χ2v) is 5.33. The summed E-state index contributed by atoms with van der Waals surface area (Å²) in [4.78, 5) is 7.92. The molecule has 1 aliphatic rings. The molecular weight excluding hydrogens is 280 g/mol. The maximum absolute atomic E-state index is 9.62. The van der Waals surface area contributed by atoms with Crippen LogP contribution in [0.2, 0.25) is 0 Å². The van der Waals surface area contributed by atoms with Crippen LogP contribution in [0.5, 0.6) is 0 Å². The minimum Gasteiger partial charge on any atom is -0.393 e.